The molecule has 1 fully saturated rings. The Morgan fingerprint density at radius 2 is 2.42 bits per heavy atom. The van der Waals surface area contributed by atoms with E-state index in [4.69, 9.17) is 10.5 Å². The first kappa shape index (κ1) is 14.0. The lowest BCUT2D eigenvalue weighted by molar-refractivity contribution is 0.0712. The molecule has 104 valence electrons. The normalized spacial score (nSPS) is 20.2. The number of hydrogen-bond acceptors (Lipinski definition) is 3. The molecule has 0 saturated carbocycles. The highest BCUT2D eigenvalue weighted by atomic mass is 16.5. The quantitative estimate of drug-likeness (QED) is 0.845. The summed E-state index contributed by atoms with van der Waals surface area (Å²) in [6, 6.07) is 7.68. The van der Waals surface area contributed by atoms with Gasteiger partial charge >= 0.3 is 0 Å². The summed E-state index contributed by atoms with van der Waals surface area (Å²) >= 11 is 0. The fourth-order valence-corrected chi connectivity index (χ4v) is 2.41. The molecule has 1 amide bonds. The minimum atomic E-state index is -0.0399. The SMILES string of the molecule is CC(NC(=O)c1cccc(CCN)c1)C1CCCO1. The molecule has 4 nitrogen and oxygen atoms in total. The standard InChI is InChI=1S/C15H22N2O2/c1-11(14-6-3-9-19-14)17-15(18)13-5-2-4-12(10-13)7-8-16/h2,4-5,10-11,14H,3,6-9,16H2,1H3,(H,17,18). The van der Waals surface area contributed by atoms with Gasteiger partial charge in [-0.1, -0.05) is 12.1 Å². The Kier molecular flexibility index (Phi) is 4.93. The molecule has 0 bridgehead atoms. The molecule has 1 heterocycles. The number of hydrogen-bond donors (Lipinski definition) is 2. The number of nitrogens with two attached hydrogens (primary N) is 1. The summed E-state index contributed by atoms with van der Waals surface area (Å²) in [6.45, 7) is 3.39. The van der Waals surface area contributed by atoms with Crippen molar-refractivity contribution in [3.8, 4) is 0 Å². The van der Waals surface area contributed by atoms with Crippen molar-refractivity contribution in [1.82, 2.24) is 5.32 Å². The molecule has 0 aromatic heterocycles. The van der Waals surface area contributed by atoms with Gasteiger partial charge in [0.25, 0.3) is 5.91 Å². The summed E-state index contributed by atoms with van der Waals surface area (Å²) in [4.78, 5) is 12.2. The summed E-state index contributed by atoms with van der Waals surface area (Å²) in [5, 5.41) is 3.01. The Balaban J connectivity index is 1.96. The Morgan fingerprint density at radius 3 is 3.11 bits per heavy atom. The van der Waals surface area contributed by atoms with E-state index >= 15 is 0 Å². The largest absolute Gasteiger partial charge is 0.376 e. The third kappa shape index (κ3) is 3.78. The molecule has 0 aliphatic carbocycles. The molecular formula is C15H22N2O2. The van der Waals surface area contributed by atoms with E-state index in [1.807, 2.05) is 31.2 Å². The molecule has 1 aliphatic heterocycles. The maximum absolute atomic E-state index is 12.2. The van der Waals surface area contributed by atoms with Gasteiger partial charge < -0.3 is 15.8 Å². The van der Waals surface area contributed by atoms with Crippen LogP contribution in [0.1, 0.15) is 35.7 Å². The Morgan fingerprint density at radius 1 is 1.58 bits per heavy atom. The zero-order valence-electron chi connectivity index (χ0n) is 11.4. The lowest BCUT2D eigenvalue weighted by Crippen LogP contribution is -2.40. The number of amides is 1. The highest BCUT2D eigenvalue weighted by Gasteiger charge is 2.23. The van der Waals surface area contributed by atoms with Crippen LogP contribution < -0.4 is 11.1 Å². The van der Waals surface area contributed by atoms with Crippen molar-refractivity contribution in [3.63, 3.8) is 0 Å². The van der Waals surface area contributed by atoms with E-state index in [2.05, 4.69) is 5.32 Å². The third-order valence-corrected chi connectivity index (χ3v) is 3.50. The van der Waals surface area contributed by atoms with Gasteiger partial charge in [-0.15, -0.1) is 0 Å². The Labute approximate surface area is 114 Å². The number of benzene rings is 1. The average molecular weight is 262 g/mol. The van der Waals surface area contributed by atoms with Crippen molar-refractivity contribution < 1.29 is 9.53 Å². The molecule has 0 radical (unpaired) electrons. The van der Waals surface area contributed by atoms with Crippen molar-refractivity contribution in [2.45, 2.75) is 38.3 Å². The second kappa shape index (κ2) is 6.68. The van der Waals surface area contributed by atoms with E-state index in [9.17, 15) is 4.79 Å². The summed E-state index contributed by atoms with van der Waals surface area (Å²) in [5.74, 6) is -0.0399. The number of rotatable bonds is 5. The zero-order valence-corrected chi connectivity index (χ0v) is 11.4. The van der Waals surface area contributed by atoms with Crippen molar-refractivity contribution in [3.05, 3.63) is 35.4 Å². The molecule has 19 heavy (non-hydrogen) atoms. The fourth-order valence-electron chi connectivity index (χ4n) is 2.41. The first-order valence-corrected chi connectivity index (χ1v) is 6.92. The predicted octanol–water partition coefficient (Wildman–Crippen LogP) is 1.49. The van der Waals surface area contributed by atoms with Crippen molar-refractivity contribution in [1.29, 1.82) is 0 Å². The van der Waals surface area contributed by atoms with Gasteiger partial charge in [0.1, 0.15) is 0 Å². The smallest absolute Gasteiger partial charge is 0.251 e. The number of carbonyl (C=O) groups is 1. The van der Waals surface area contributed by atoms with Crippen LogP contribution in [0.5, 0.6) is 0 Å². The van der Waals surface area contributed by atoms with Crippen LogP contribution >= 0.6 is 0 Å². The number of nitrogens with one attached hydrogen (secondary N) is 1. The first-order chi connectivity index (χ1) is 9.20. The minimum absolute atomic E-state index is 0.0399. The van der Waals surface area contributed by atoms with Gasteiger partial charge in [0.15, 0.2) is 0 Å². The summed E-state index contributed by atoms with van der Waals surface area (Å²) < 4.78 is 5.58. The van der Waals surface area contributed by atoms with E-state index in [1.165, 1.54) is 0 Å². The van der Waals surface area contributed by atoms with E-state index in [1.54, 1.807) is 0 Å². The molecule has 1 aromatic carbocycles. The lowest BCUT2D eigenvalue weighted by atomic mass is 10.1. The van der Waals surface area contributed by atoms with E-state index in [-0.39, 0.29) is 18.1 Å². The zero-order chi connectivity index (χ0) is 13.7. The van der Waals surface area contributed by atoms with Crippen LogP contribution in [0.4, 0.5) is 0 Å². The van der Waals surface area contributed by atoms with Gasteiger partial charge in [0.05, 0.1) is 12.1 Å². The summed E-state index contributed by atoms with van der Waals surface area (Å²) in [7, 11) is 0. The van der Waals surface area contributed by atoms with E-state index in [0.29, 0.717) is 12.1 Å². The van der Waals surface area contributed by atoms with Gasteiger partial charge in [-0.25, -0.2) is 0 Å². The number of ether oxygens (including phenoxy) is 1. The van der Waals surface area contributed by atoms with Crippen molar-refractivity contribution in [2.24, 2.45) is 5.73 Å². The third-order valence-electron chi connectivity index (χ3n) is 3.50. The van der Waals surface area contributed by atoms with E-state index in [0.717, 1.165) is 31.4 Å². The van der Waals surface area contributed by atoms with Gasteiger partial charge in [0.2, 0.25) is 0 Å². The lowest BCUT2D eigenvalue weighted by Gasteiger charge is -2.20. The molecule has 1 aliphatic rings. The molecular weight excluding hydrogens is 240 g/mol. The Bertz CT molecular complexity index is 428. The van der Waals surface area contributed by atoms with Gasteiger partial charge in [-0.05, 0) is 50.4 Å². The maximum Gasteiger partial charge on any atom is 0.251 e. The summed E-state index contributed by atoms with van der Waals surface area (Å²) in [6.07, 6.45) is 3.05. The molecule has 1 aromatic rings. The van der Waals surface area contributed by atoms with Gasteiger partial charge in [-0.3, -0.25) is 4.79 Å². The fraction of sp³-hybridized carbons (Fsp3) is 0.533. The minimum Gasteiger partial charge on any atom is -0.376 e. The molecule has 2 atom stereocenters. The molecule has 2 unspecified atom stereocenters. The number of carbonyl (C=O) groups excluding carboxylic acids is 1. The second-order valence-corrected chi connectivity index (χ2v) is 5.05. The van der Waals surface area contributed by atoms with Crippen molar-refractivity contribution in [2.75, 3.05) is 13.2 Å². The highest BCUT2D eigenvalue weighted by molar-refractivity contribution is 5.94. The van der Waals surface area contributed by atoms with Crippen molar-refractivity contribution >= 4 is 5.91 Å². The average Bonchev–Trinajstić information content (AvgIpc) is 2.93. The van der Waals surface area contributed by atoms with Crippen LogP contribution in [0.3, 0.4) is 0 Å². The molecule has 2 rings (SSSR count). The Hall–Kier alpha value is -1.39. The molecule has 3 N–H and O–H groups in total. The second-order valence-electron chi connectivity index (χ2n) is 5.05. The first-order valence-electron chi connectivity index (χ1n) is 6.92. The summed E-state index contributed by atoms with van der Waals surface area (Å²) in [5.41, 5.74) is 7.32. The molecule has 0 spiro atoms. The van der Waals surface area contributed by atoms with Crippen LogP contribution in [0.2, 0.25) is 0 Å². The van der Waals surface area contributed by atoms with Crippen LogP contribution in [-0.2, 0) is 11.2 Å². The topological polar surface area (TPSA) is 64.4 Å². The van der Waals surface area contributed by atoms with Gasteiger partial charge in [-0.2, -0.15) is 0 Å². The molecule has 1 saturated heterocycles. The monoisotopic (exact) mass is 262 g/mol. The van der Waals surface area contributed by atoms with Crippen LogP contribution in [0.15, 0.2) is 24.3 Å². The van der Waals surface area contributed by atoms with Crippen LogP contribution in [-0.4, -0.2) is 31.2 Å². The van der Waals surface area contributed by atoms with E-state index < -0.39 is 0 Å². The van der Waals surface area contributed by atoms with Crippen LogP contribution in [0, 0.1) is 0 Å². The highest BCUT2D eigenvalue weighted by Crippen LogP contribution is 2.16. The maximum atomic E-state index is 12.2. The van der Waals surface area contributed by atoms with Gasteiger partial charge in [0, 0.05) is 12.2 Å². The predicted molar refractivity (Wildman–Crippen MR) is 75.1 cm³/mol. The van der Waals surface area contributed by atoms with Crippen LogP contribution in [0.25, 0.3) is 0 Å². The molecule has 4 heteroatoms.